The minimum absolute atomic E-state index is 0.0421. The van der Waals surface area contributed by atoms with E-state index >= 15 is 0 Å². The number of benzene rings is 3. The molecule has 0 amide bonds. The lowest BCUT2D eigenvalue weighted by Gasteiger charge is -2.24. The average molecular weight is 542 g/mol. The molecule has 0 aliphatic rings. The average Bonchev–Trinajstić information content (AvgIpc) is 3.27. The number of sulfonamides is 2. The first-order valence-electron chi connectivity index (χ1n) is 10.6. The van der Waals surface area contributed by atoms with E-state index in [4.69, 9.17) is 11.5 Å². The fraction of sp³-hybridized carbons (Fsp3) is 0.0833. The molecular formula is C24H23N5O4S3. The van der Waals surface area contributed by atoms with Gasteiger partial charge < -0.3 is 11.5 Å². The van der Waals surface area contributed by atoms with E-state index < -0.39 is 20.0 Å². The molecule has 36 heavy (non-hydrogen) atoms. The van der Waals surface area contributed by atoms with Crippen LogP contribution in [-0.4, -0.2) is 27.8 Å². The lowest BCUT2D eigenvalue weighted by Crippen LogP contribution is -2.37. The zero-order chi connectivity index (χ0) is 26.1. The second kappa shape index (κ2) is 9.72. The third-order valence-corrected chi connectivity index (χ3v) is 10.1. The highest BCUT2D eigenvalue weighted by atomic mass is 32.3. The number of guanidine groups is 1. The minimum Gasteiger partial charge on any atom is -0.370 e. The molecular weight excluding hydrogens is 518 g/mol. The molecule has 0 saturated carbocycles. The normalized spacial score (nSPS) is 11.7. The van der Waals surface area contributed by atoms with E-state index in [1.165, 1.54) is 47.7 Å². The van der Waals surface area contributed by atoms with E-state index in [1.54, 1.807) is 41.8 Å². The topological polar surface area (TPSA) is 149 Å². The van der Waals surface area contributed by atoms with Gasteiger partial charge in [0, 0.05) is 10.9 Å². The summed E-state index contributed by atoms with van der Waals surface area (Å²) >= 11 is 1.23. The third kappa shape index (κ3) is 5.10. The molecule has 0 atom stereocenters. The Morgan fingerprint density at radius 3 is 1.69 bits per heavy atom. The maximum absolute atomic E-state index is 13.7. The SMILES string of the molecule is Cc1ccc(S(=O)(=O)N(c2ccc(-c3csc(N=C(N)N)n3)cc2)S(=O)(=O)c2ccc(C)cc2)cc1. The van der Waals surface area contributed by atoms with Crippen molar-refractivity contribution >= 4 is 48.2 Å². The van der Waals surface area contributed by atoms with Crippen LogP contribution >= 0.6 is 11.3 Å². The van der Waals surface area contributed by atoms with Gasteiger partial charge in [-0.1, -0.05) is 47.5 Å². The molecule has 0 fully saturated rings. The lowest BCUT2D eigenvalue weighted by molar-refractivity contribution is 0.584. The number of aliphatic imine (C=N–C) groups is 1. The van der Waals surface area contributed by atoms with Crippen LogP contribution in [0.4, 0.5) is 10.8 Å². The number of aryl methyl sites for hydroxylation is 2. The molecule has 0 radical (unpaired) electrons. The first-order chi connectivity index (χ1) is 17.0. The van der Waals surface area contributed by atoms with Crippen LogP contribution in [0.25, 0.3) is 11.3 Å². The van der Waals surface area contributed by atoms with Gasteiger partial charge in [0.1, 0.15) is 0 Å². The summed E-state index contributed by atoms with van der Waals surface area (Å²) in [4.78, 5) is 7.95. The first-order valence-corrected chi connectivity index (χ1v) is 14.3. The summed E-state index contributed by atoms with van der Waals surface area (Å²) in [5.41, 5.74) is 13.6. The maximum Gasteiger partial charge on any atom is 0.277 e. The smallest absolute Gasteiger partial charge is 0.277 e. The van der Waals surface area contributed by atoms with Gasteiger partial charge in [0.25, 0.3) is 20.0 Å². The summed E-state index contributed by atoms with van der Waals surface area (Å²) in [6.07, 6.45) is 0. The Balaban J connectivity index is 1.82. The van der Waals surface area contributed by atoms with Gasteiger partial charge in [-0.2, -0.15) is 8.70 Å². The lowest BCUT2D eigenvalue weighted by atomic mass is 10.1. The van der Waals surface area contributed by atoms with E-state index in [9.17, 15) is 16.8 Å². The molecule has 0 bridgehead atoms. The Kier molecular flexibility index (Phi) is 6.85. The number of rotatable bonds is 7. The first kappa shape index (κ1) is 25.4. The van der Waals surface area contributed by atoms with Gasteiger partial charge in [-0.15, -0.1) is 11.3 Å². The molecule has 12 heteroatoms. The molecule has 9 nitrogen and oxygen atoms in total. The molecule has 186 valence electrons. The number of nitrogens with zero attached hydrogens (tertiary/aromatic N) is 3. The van der Waals surface area contributed by atoms with Crippen LogP contribution < -0.4 is 15.2 Å². The number of aromatic nitrogens is 1. The molecule has 3 aromatic carbocycles. The second-order valence-electron chi connectivity index (χ2n) is 7.93. The van der Waals surface area contributed by atoms with Crippen LogP contribution in [0, 0.1) is 13.8 Å². The van der Waals surface area contributed by atoms with E-state index in [1.807, 2.05) is 13.8 Å². The van der Waals surface area contributed by atoms with Crippen molar-refractivity contribution in [2.45, 2.75) is 23.6 Å². The minimum atomic E-state index is -4.49. The van der Waals surface area contributed by atoms with Crippen LogP contribution in [-0.2, 0) is 20.0 Å². The van der Waals surface area contributed by atoms with Crippen molar-refractivity contribution in [1.29, 1.82) is 0 Å². The van der Waals surface area contributed by atoms with E-state index in [0.29, 0.717) is 20.1 Å². The van der Waals surface area contributed by atoms with Crippen molar-refractivity contribution in [2.75, 3.05) is 3.71 Å². The van der Waals surface area contributed by atoms with E-state index in [2.05, 4.69) is 9.98 Å². The molecule has 1 heterocycles. The molecule has 4 aromatic rings. The number of anilines is 1. The Morgan fingerprint density at radius 2 is 1.25 bits per heavy atom. The third-order valence-electron chi connectivity index (χ3n) is 5.16. The van der Waals surface area contributed by atoms with Crippen LogP contribution in [0.5, 0.6) is 0 Å². The molecule has 0 saturated heterocycles. The van der Waals surface area contributed by atoms with Gasteiger partial charge in [-0.3, -0.25) is 0 Å². The highest BCUT2D eigenvalue weighted by molar-refractivity contribution is 8.10. The van der Waals surface area contributed by atoms with Crippen molar-refractivity contribution in [3.05, 3.63) is 89.3 Å². The number of thiazole rings is 1. The summed E-state index contributed by atoms with van der Waals surface area (Å²) in [6, 6.07) is 18.0. The standard InChI is InChI=1S/C24H23N5O4S3/c1-16-3-11-20(12-4-16)35(30,31)29(36(32,33)21-13-5-17(2)6-14-21)19-9-7-18(8-10-19)22-15-34-24(27-22)28-23(25)26/h3-15H,1-2H3,(H4,25,26,27,28). The van der Waals surface area contributed by atoms with Crippen LogP contribution in [0.2, 0.25) is 0 Å². The zero-order valence-electron chi connectivity index (χ0n) is 19.4. The predicted molar refractivity (Wildman–Crippen MR) is 142 cm³/mol. The van der Waals surface area contributed by atoms with E-state index in [0.717, 1.165) is 11.1 Å². The fourth-order valence-electron chi connectivity index (χ4n) is 3.33. The van der Waals surface area contributed by atoms with Gasteiger partial charge in [0.05, 0.1) is 21.2 Å². The molecule has 0 spiro atoms. The van der Waals surface area contributed by atoms with Crippen molar-refractivity contribution in [3.63, 3.8) is 0 Å². The number of hydrogen-bond donors (Lipinski definition) is 2. The summed E-state index contributed by atoms with van der Waals surface area (Å²) in [5.74, 6) is -0.121. The molecule has 4 N–H and O–H groups in total. The highest BCUT2D eigenvalue weighted by Gasteiger charge is 2.37. The summed E-state index contributed by atoms with van der Waals surface area (Å²) < 4.78 is 55.2. The molecule has 0 aliphatic carbocycles. The maximum atomic E-state index is 13.7. The Bertz CT molecular complexity index is 1550. The number of hydrogen-bond acceptors (Lipinski definition) is 7. The van der Waals surface area contributed by atoms with Gasteiger partial charge >= 0.3 is 0 Å². The summed E-state index contributed by atoms with van der Waals surface area (Å²) in [6.45, 7) is 3.63. The summed E-state index contributed by atoms with van der Waals surface area (Å²) in [5, 5.41) is 2.10. The molecule has 4 rings (SSSR count). The Labute approximate surface area is 213 Å². The van der Waals surface area contributed by atoms with Crippen molar-refractivity contribution in [2.24, 2.45) is 16.5 Å². The zero-order valence-corrected chi connectivity index (χ0v) is 21.8. The van der Waals surface area contributed by atoms with Gasteiger partial charge in [-0.25, -0.2) is 21.8 Å². The van der Waals surface area contributed by atoms with Gasteiger partial charge in [0.2, 0.25) is 5.13 Å². The Morgan fingerprint density at radius 1 is 0.778 bits per heavy atom. The van der Waals surface area contributed by atoms with E-state index in [-0.39, 0.29) is 21.4 Å². The van der Waals surface area contributed by atoms with Crippen LogP contribution in [0.3, 0.4) is 0 Å². The van der Waals surface area contributed by atoms with Crippen molar-refractivity contribution < 1.29 is 16.8 Å². The quantitative estimate of drug-likeness (QED) is 0.266. The highest BCUT2D eigenvalue weighted by Crippen LogP contribution is 2.33. The monoisotopic (exact) mass is 541 g/mol. The van der Waals surface area contributed by atoms with Crippen molar-refractivity contribution in [1.82, 2.24) is 4.98 Å². The van der Waals surface area contributed by atoms with Crippen LogP contribution in [0.1, 0.15) is 11.1 Å². The predicted octanol–water partition coefficient (Wildman–Crippen LogP) is 3.92. The molecule has 0 unspecified atom stereocenters. The largest absolute Gasteiger partial charge is 0.370 e. The van der Waals surface area contributed by atoms with Gasteiger partial charge in [-0.05, 0) is 50.2 Å². The fourth-order valence-corrected chi connectivity index (χ4v) is 7.74. The van der Waals surface area contributed by atoms with Crippen LogP contribution in [0.15, 0.2) is 93.0 Å². The summed E-state index contributed by atoms with van der Waals surface area (Å²) in [7, 11) is -8.97. The second-order valence-corrected chi connectivity index (χ2v) is 12.6. The molecule has 1 aromatic heterocycles. The van der Waals surface area contributed by atoms with Crippen molar-refractivity contribution in [3.8, 4) is 11.3 Å². The Hall–Kier alpha value is -3.74. The number of nitrogens with two attached hydrogens (primary N) is 2. The molecule has 0 aliphatic heterocycles. The van der Waals surface area contributed by atoms with Gasteiger partial charge in [0.15, 0.2) is 5.96 Å².